The number of hydrogen-bond acceptors (Lipinski definition) is 9. The number of hydrogen-bond donors (Lipinski definition) is 3. The normalized spacial score (nSPS) is 32.4. The average molecular weight is 373 g/mol. The lowest BCUT2D eigenvalue weighted by molar-refractivity contribution is -0.142. The van der Waals surface area contributed by atoms with E-state index in [2.05, 4.69) is 19.5 Å². The molecule has 2 aliphatic rings. The van der Waals surface area contributed by atoms with Crippen LogP contribution in [0.3, 0.4) is 0 Å². The highest BCUT2D eigenvalue weighted by Crippen LogP contribution is 2.43. The first-order valence-electron chi connectivity index (χ1n) is 7.43. The lowest BCUT2D eigenvalue weighted by atomic mass is 10.1. The molecule has 4 rings (SSSR count). The van der Waals surface area contributed by atoms with Crippen molar-refractivity contribution in [3.05, 3.63) is 12.7 Å². The quantitative estimate of drug-likeness (QED) is 0.594. The highest BCUT2D eigenvalue weighted by Gasteiger charge is 2.53. The Morgan fingerprint density at radius 1 is 1.28 bits per heavy atom. The van der Waals surface area contributed by atoms with E-state index in [1.165, 1.54) is 12.7 Å². The number of rotatable bonds is 4. The van der Waals surface area contributed by atoms with Crippen molar-refractivity contribution in [2.45, 2.75) is 37.8 Å². The first-order valence-corrected chi connectivity index (χ1v) is 8.96. The second kappa shape index (κ2) is 5.95. The van der Waals surface area contributed by atoms with E-state index in [0.29, 0.717) is 11.2 Å². The van der Waals surface area contributed by atoms with Gasteiger partial charge in [0.25, 0.3) is 0 Å². The van der Waals surface area contributed by atoms with Crippen molar-refractivity contribution in [3.63, 3.8) is 0 Å². The van der Waals surface area contributed by atoms with Crippen LogP contribution >= 0.6 is 7.82 Å². The van der Waals surface area contributed by atoms with E-state index in [1.54, 1.807) is 11.5 Å². The summed E-state index contributed by atoms with van der Waals surface area (Å²) in [4.78, 5) is 30.1. The molecule has 0 bridgehead atoms. The van der Waals surface area contributed by atoms with Gasteiger partial charge in [-0.3, -0.25) is 9.09 Å². The molecule has 0 amide bonds. The summed E-state index contributed by atoms with van der Waals surface area (Å²) >= 11 is 0. The fourth-order valence-corrected chi connectivity index (χ4v) is 3.42. The number of aromatic nitrogens is 4. The Bertz CT molecular complexity index is 840. The van der Waals surface area contributed by atoms with Crippen molar-refractivity contribution < 1.29 is 33.1 Å². The summed E-state index contributed by atoms with van der Waals surface area (Å²) in [5, 5.41) is 0. The van der Waals surface area contributed by atoms with E-state index in [4.69, 9.17) is 29.7 Å². The number of ether oxygens (including phenoxy) is 3. The molecule has 2 aliphatic heterocycles. The van der Waals surface area contributed by atoms with Crippen LogP contribution in [0.4, 0.5) is 5.82 Å². The maximum atomic E-state index is 11.0. The first kappa shape index (κ1) is 16.8. The highest BCUT2D eigenvalue weighted by molar-refractivity contribution is 7.46. The van der Waals surface area contributed by atoms with E-state index in [-0.39, 0.29) is 12.4 Å². The molecule has 0 radical (unpaired) electrons. The molecule has 12 nitrogen and oxygen atoms in total. The van der Waals surface area contributed by atoms with Crippen molar-refractivity contribution in [1.82, 2.24) is 19.5 Å². The van der Waals surface area contributed by atoms with Crippen LogP contribution < -0.4 is 5.73 Å². The van der Waals surface area contributed by atoms with Crippen LogP contribution in [0.15, 0.2) is 12.7 Å². The highest BCUT2D eigenvalue weighted by atomic mass is 31.2. The lowest BCUT2D eigenvalue weighted by Gasteiger charge is -2.20. The number of nitrogens with two attached hydrogens (primary N) is 1. The Morgan fingerprint density at radius 2 is 2.04 bits per heavy atom. The Balaban J connectivity index is 1.65. The van der Waals surface area contributed by atoms with Gasteiger partial charge in [0, 0.05) is 0 Å². The molecule has 4 heterocycles. The molecule has 136 valence electrons. The standard InChI is InChI=1S/C12H16N5O7P/c1-5-22-8-6(2-21-25(18,19)20)24-12(9(8)23-5)17-4-16-7-10(13)14-3-15-11(7)17/h3-6,8-9,12H,2H2,1H3,(H2,13,14,15)(H2,18,19,20)/t5?,6-,8-,9-,12-/m1/s1. The molecule has 0 saturated carbocycles. The summed E-state index contributed by atoms with van der Waals surface area (Å²) in [7, 11) is -4.63. The Morgan fingerprint density at radius 3 is 2.80 bits per heavy atom. The molecule has 2 aromatic rings. The van der Waals surface area contributed by atoms with E-state index in [1.807, 2.05) is 0 Å². The second-order valence-corrected chi connectivity index (χ2v) is 6.94. The van der Waals surface area contributed by atoms with Crippen LogP contribution in [0.25, 0.3) is 11.2 Å². The summed E-state index contributed by atoms with van der Waals surface area (Å²) in [6.07, 6.45) is -0.157. The fraction of sp³-hybridized carbons (Fsp3) is 0.583. The van der Waals surface area contributed by atoms with Crippen molar-refractivity contribution in [2.75, 3.05) is 12.3 Å². The average Bonchev–Trinajstić information content (AvgIpc) is 3.18. The van der Waals surface area contributed by atoms with E-state index in [9.17, 15) is 4.57 Å². The molecule has 25 heavy (non-hydrogen) atoms. The first-order chi connectivity index (χ1) is 11.8. The van der Waals surface area contributed by atoms with Gasteiger partial charge >= 0.3 is 7.82 Å². The molecule has 5 atom stereocenters. The van der Waals surface area contributed by atoms with Crippen molar-refractivity contribution in [1.29, 1.82) is 0 Å². The monoisotopic (exact) mass is 373 g/mol. The van der Waals surface area contributed by atoms with Crippen LogP contribution in [-0.2, 0) is 23.3 Å². The molecule has 1 unspecified atom stereocenters. The van der Waals surface area contributed by atoms with E-state index >= 15 is 0 Å². The van der Waals surface area contributed by atoms with Gasteiger partial charge in [0.2, 0.25) is 0 Å². The molecular weight excluding hydrogens is 357 g/mol. The van der Waals surface area contributed by atoms with Gasteiger partial charge in [-0.05, 0) is 6.92 Å². The number of anilines is 1. The minimum absolute atomic E-state index is 0.233. The second-order valence-electron chi connectivity index (χ2n) is 5.70. The third-order valence-electron chi connectivity index (χ3n) is 4.05. The zero-order chi connectivity index (χ0) is 17.8. The van der Waals surface area contributed by atoms with Crippen LogP contribution in [0, 0.1) is 0 Å². The minimum Gasteiger partial charge on any atom is -0.382 e. The van der Waals surface area contributed by atoms with E-state index < -0.39 is 38.7 Å². The number of nitrogen functional groups attached to an aromatic ring is 1. The number of phosphoric ester groups is 1. The van der Waals surface area contributed by atoms with Crippen molar-refractivity contribution in [2.24, 2.45) is 0 Å². The van der Waals surface area contributed by atoms with Gasteiger partial charge in [-0.25, -0.2) is 19.5 Å². The predicted octanol–water partition coefficient (Wildman–Crippen LogP) is -0.455. The summed E-state index contributed by atoms with van der Waals surface area (Å²) in [5.41, 5.74) is 6.67. The van der Waals surface area contributed by atoms with Crippen molar-refractivity contribution >= 4 is 24.8 Å². The zero-order valence-electron chi connectivity index (χ0n) is 13.0. The van der Waals surface area contributed by atoms with Crippen LogP contribution in [0.1, 0.15) is 13.2 Å². The summed E-state index contributed by atoms with van der Waals surface area (Å²) < 4.78 is 34.4. The Labute approximate surface area is 141 Å². The molecule has 0 spiro atoms. The minimum atomic E-state index is -4.63. The van der Waals surface area contributed by atoms with Gasteiger partial charge in [0.1, 0.15) is 30.2 Å². The Kier molecular flexibility index (Phi) is 4.00. The number of nitrogens with zero attached hydrogens (tertiary/aromatic N) is 4. The third-order valence-corrected chi connectivity index (χ3v) is 4.54. The largest absolute Gasteiger partial charge is 0.469 e. The van der Waals surface area contributed by atoms with Gasteiger partial charge in [-0.1, -0.05) is 0 Å². The molecular formula is C12H16N5O7P. The topological polar surface area (TPSA) is 164 Å². The van der Waals surface area contributed by atoms with Gasteiger partial charge in [0.15, 0.2) is 24.0 Å². The van der Waals surface area contributed by atoms with Crippen LogP contribution in [0.2, 0.25) is 0 Å². The predicted molar refractivity (Wildman–Crippen MR) is 80.8 cm³/mol. The van der Waals surface area contributed by atoms with Crippen LogP contribution in [-0.4, -0.2) is 60.5 Å². The van der Waals surface area contributed by atoms with Gasteiger partial charge < -0.3 is 29.7 Å². The van der Waals surface area contributed by atoms with E-state index in [0.717, 1.165) is 0 Å². The van der Waals surface area contributed by atoms with Gasteiger partial charge in [-0.2, -0.15) is 0 Å². The van der Waals surface area contributed by atoms with Gasteiger partial charge in [0.05, 0.1) is 12.9 Å². The number of imidazole rings is 1. The third kappa shape index (κ3) is 3.02. The molecule has 2 saturated heterocycles. The molecule has 0 aromatic carbocycles. The molecule has 4 N–H and O–H groups in total. The van der Waals surface area contributed by atoms with Gasteiger partial charge in [-0.15, -0.1) is 0 Å². The summed E-state index contributed by atoms with van der Waals surface area (Å²) in [5.74, 6) is 0.233. The fourth-order valence-electron chi connectivity index (χ4n) is 3.08. The van der Waals surface area contributed by atoms with Crippen molar-refractivity contribution in [3.8, 4) is 0 Å². The maximum Gasteiger partial charge on any atom is 0.469 e. The van der Waals surface area contributed by atoms with Crippen LogP contribution in [0.5, 0.6) is 0 Å². The maximum absolute atomic E-state index is 11.0. The summed E-state index contributed by atoms with van der Waals surface area (Å²) in [6, 6.07) is 0. The Hall–Kier alpha value is -1.66. The molecule has 13 heteroatoms. The lowest BCUT2D eigenvalue weighted by Crippen LogP contribution is -2.31. The summed E-state index contributed by atoms with van der Waals surface area (Å²) in [6.45, 7) is 1.38. The molecule has 0 aliphatic carbocycles. The number of fused-ring (bicyclic) bond motifs is 2. The zero-order valence-corrected chi connectivity index (χ0v) is 13.9. The molecule has 2 fully saturated rings. The molecule has 2 aromatic heterocycles. The number of phosphoric acid groups is 1. The smallest absolute Gasteiger partial charge is 0.382 e. The SMILES string of the molecule is CC1O[C@@H]2[C@H](O1)[C@@H](COP(=O)(O)O)O[C@H]2n1cnc2c(N)ncnc21.